The minimum Gasteiger partial charge on any atom is -0.383 e. The van der Waals surface area contributed by atoms with Crippen molar-refractivity contribution in [2.75, 3.05) is 5.73 Å². The second-order valence-electron chi connectivity index (χ2n) is 5.08. The first kappa shape index (κ1) is 15.3. The Kier molecular flexibility index (Phi) is 3.69. The normalized spacial score (nSPS) is 12.2. The van der Waals surface area contributed by atoms with Crippen LogP contribution in [0, 0.1) is 12.7 Å². The number of aromatic nitrogens is 2. The van der Waals surface area contributed by atoms with Gasteiger partial charge >= 0.3 is 6.18 Å². The standard InChI is InChI=1S/C14H15F4N3/c1-7(2)21-8(3)20-12(13(21)19)9-4-10(14(16,17)18)6-11(15)5-9/h4-7H,19H2,1-3H3. The quantitative estimate of drug-likeness (QED) is 0.846. The van der Waals surface area contributed by atoms with E-state index in [9.17, 15) is 17.6 Å². The number of halogens is 4. The SMILES string of the molecule is Cc1nc(-c2cc(F)cc(C(F)(F)F)c2)c(N)n1C(C)C. The molecule has 7 heteroatoms. The van der Waals surface area contributed by atoms with Gasteiger partial charge in [-0.1, -0.05) is 0 Å². The van der Waals surface area contributed by atoms with Gasteiger partial charge in [0.25, 0.3) is 0 Å². The molecule has 0 aliphatic heterocycles. The number of nitrogen functional groups attached to an aromatic ring is 1. The van der Waals surface area contributed by atoms with Crippen LogP contribution in [0.15, 0.2) is 18.2 Å². The molecule has 2 N–H and O–H groups in total. The Bertz CT molecular complexity index is 672. The highest BCUT2D eigenvalue weighted by Gasteiger charge is 2.32. The first-order valence-electron chi connectivity index (χ1n) is 6.33. The van der Waals surface area contributed by atoms with E-state index in [1.165, 1.54) is 0 Å². The molecule has 0 atom stereocenters. The summed E-state index contributed by atoms with van der Waals surface area (Å²) in [5, 5.41) is 0. The third kappa shape index (κ3) is 2.86. The Morgan fingerprint density at radius 1 is 1.19 bits per heavy atom. The first-order chi connectivity index (χ1) is 9.61. The second kappa shape index (κ2) is 5.05. The summed E-state index contributed by atoms with van der Waals surface area (Å²) in [6.45, 7) is 5.45. The van der Waals surface area contributed by atoms with Gasteiger partial charge < -0.3 is 10.3 Å². The maximum absolute atomic E-state index is 13.5. The van der Waals surface area contributed by atoms with E-state index < -0.39 is 17.6 Å². The van der Waals surface area contributed by atoms with Crippen LogP contribution in [-0.4, -0.2) is 9.55 Å². The monoisotopic (exact) mass is 301 g/mol. The van der Waals surface area contributed by atoms with Crippen LogP contribution in [-0.2, 0) is 6.18 Å². The van der Waals surface area contributed by atoms with Crippen molar-refractivity contribution in [2.45, 2.75) is 33.0 Å². The van der Waals surface area contributed by atoms with Crippen molar-refractivity contribution in [1.29, 1.82) is 0 Å². The molecule has 0 amide bonds. The van der Waals surface area contributed by atoms with Gasteiger partial charge in [0.15, 0.2) is 0 Å². The van der Waals surface area contributed by atoms with Gasteiger partial charge in [0.05, 0.1) is 5.56 Å². The van der Waals surface area contributed by atoms with Gasteiger partial charge in [-0.2, -0.15) is 13.2 Å². The van der Waals surface area contributed by atoms with Gasteiger partial charge in [0.1, 0.15) is 23.2 Å². The number of hydrogen-bond acceptors (Lipinski definition) is 2. The van der Waals surface area contributed by atoms with E-state index in [4.69, 9.17) is 5.73 Å². The molecular weight excluding hydrogens is 286 g/mol. The minimum atomic E-state index is -4.62. The van der Waals surface area contributed by atoms with E-state index in [0.717, 1.165) is 12.1 Å². The Morgan fingerprint density at radius 2 is 1.81 bits per heavy atom. The first-order valence-corrected chi connectivity index (χ1v) is 6.33. The highest BCUT2D eigenvalue weighted by atomic mass is 19.4. The number of benzene rings is 1. The lowest BCUT2D eigenvalue weighted by molar-refractivity contribution is -0.137. The molecule has 1 heterocycles. The maximum atomic E-state index is 13.5. The summed E-state index contributed by atoms with van der Waals surface area (Å²) in [7, 11) is 0. The van der Waals surface area contributed by atoms with Crippen LogP contribution >= 0.6 is 0 Å². The second-order valence-corrected chi connectivity index (χ2v) is 5.08. The highest BCUT2D eigenvalue weighted by Crippen LogP contribution is 2.35. The number of alkyl halides is 3. The van der Waals surface area contributed by atoms with Gasteiger partial charge in [-0.15, -0.1) is 0 Å². The summed E-state index contributed by atoms with van der Waals surface area (Å²) >= 11 is 0. The largest absolute Gasteiger partial charge is 0.416 e. The smallest absolute Gasteiger partial charge is 0.383 e. The van der Waals surface area contributed by atoms with Crippen LogP contribution in [0.5, 0.6) is 0 Å². The van der Waals surface area contributed by atoms with E-state index in [1.54, 1.807) is 11.5 Å². The molecule has 3 nitrogen and oxygen atoms in total. The van der Waals surface area contributed by atoms with E-state index >= 15 is 0 Å². The van der Waals surface area contributed by atoms with Crippen LogP contribution < -0.4 is 5.73 Å². The summed E-state index contributed by atoms with van der Waals surface area (Å²) in [6, 6.07) is 2.30. The van der Waals surface area contributed by atoms with Gasteiger partial charge in [0.2, 0.25) is 0 Å². The van der Waals surface area contributed by atoms with Crippen molar-refractivity contribution in [2.24, 2.45) is 0 Å². The molecule has 0 spiro atoms. The molecule has 2 aromatic rings. The summed E-state index contributed by atoms with van der Waals surface area (Å²) in [6.07, 6.45) is -4.62. The van der Waals surface area contributed by atoms with Crippen LogP contribution in [0.4, 0.5) is 23.4 Å². The van der Waals surface area contributed by atoms with Crippen LogP contribution in [0.1, 0.15) is 31.3 Å². The fourth-order valence-corrected chi connectivity index (χ4v) is 2.32. The molecule has 114 valence electrons. The number of rotatable bonds is 2. The summed E-state index contributed by atoms with van der Waals surface area (Å²) < 4.78 is 53.4. The Balaban J connectivity index is 2.63. The zero-order chi connectivity index (χ0) is 15.9. The Labute approximate surface area is 119 Å². The molecule has 1 aromatic heterocycles. The lowest BCUT2D eigenvalue weighted by Gasteiger charge is -2.12. The zero-order valence-corrected chi connectivity index (χ0v) is 11.8. The molecule has 0 saturated carbocycles. The van der Waals surface area contributed by atoms with Crippen molar-refractivity contribution in [3.8, 4) is 11.3 Å². The zero-order valence-electron chi connectivity index (χ0n) is 11.8. The number of aryl methyl sites for hydroxylation is 1. The van der Waals surface area contributed by atoms with Gasteiger partial charge in [-0.3, -0.25) is 0 Å². The number of hydrogen-bond donors (Lipinski definition) is 1. The van der Waals surface area contributed by atoms with E-state index in [2.05, 4.69) is 4.98 Å². The van der Waals surface area contributed by atoms with Crippen LogP contribution in [0.25, 0.3) is 11.3 Å². The fraction of sp³-hybridized carbons (Fsp3) is 0.357. The molecule has 0 bridgehead atoms. The van der Waals surface area contributed by atoms with Crippen molar-refractivity contribution < 1.29 is 17.6 Å². The maximum Gasteiger partial charge on any atom is 0.416 e. The fourth-order valence-electron chi connectivity index (χ4n) is 2.32. The molecule has 0 radical (unpaired) electrons. The number of anilines is 1. The third-order valence-corrected chi connectivity index (χ3v) is 3.14. The van der Waals surface area contributed by atoms with Crippen molar-refractivity contribution in [3.63, 3.8) is 0 Å². The average Bonchev–Trinajstić information content (AvgIpc) is 2.62. The average molecular weight is 301 g/mol. The Hall–Kier alpha value is -2.05. The molecule has 0 fully saturated rings. The van der Waals surface area contributed by atoms with Crippen molar-refractivity contribution >= 4 is 5.82 Å². The summed E-state index contributed by atoms with van der Waals surface area (Å²) in [4.78, 5) is 4.17. The van der Waals surface area contributed by atoms with E-state index in [1.807, 2.05) is 13.8 Å². The molecule has 0 aliphatic rings. The third-order valence-electron chi connectivity index (χ3n) is 3.14. The van der Waals surface area contributed by atoms with E-state index in [0.29, 0.717) is 11.9 Å². The molecule has 0 aliphatic carbocycles. The molecule has 0 unspecified atom stereocenters. The molecular formula is C14H15F4N3. The minimum absolute atomic E-state index is 0.00176. The predicted octanol–water partition coefficient (Wildman–Crippen LogP) is 4.18. The Morgan fingerprint density at radius 3 is 2.29 bits per heavy atom. The topological polar surface area (TPSA) is 43.8 Å². The number of imidazole rings is 1. The van der Waals surface area contributed by atoms with Gasteiger partial charge in [0, 0.05) is 11.6 Å². The predicted molar refractivity (Wildman–Crippen MR) is 72.2 cm³/mol. The molecule has 0 saturated heterocycles. The van der Waals surface area contributed by atoms with Gasteiger partial charge in [-0.25, -0.2) is 9.37 Å². The molecule has 2 rings (SSSR count). The summed E-state index contributed by atoms with van der Waals surface area (Å²) in [5.41, 5.74) is 5.06. The molecule has 1 aromatic carbocycles. The summed E-state index contributed by atoms with van der Waals surface area (Å²) in [5.74, 6) is -0.187. The van der Waals surface area contributed by atoms with Crippen LogP contribution in [0.2, 0.25) is 0 Å². The van der Waals surface area contributed by atoms with Crippen LogP contribution in [0.3, 0.4) is 0 Å². The lowest BCUT2D eigenvalue weighted by Crippen LogP contribution is -2.07. The number of nitrogens with zero attached hydrogens (tertiary/aromatic N) is 2. The lowest BCUT2D eigenvalue weighted by atomic mass is 10.1. The number of nitrogens with two attached hydrogens (primary N) is 1. The highest BCUT2D eigenvalue weighted by molar-refractivity contribution is 5.71. The van der Waals surface area contributed by atoms with Crippen molar-refractivity contribution in [3.05, 3.63) is 35.4 Å². The molecule has 21 heavy (non-hydrogen) atoms. The van der Waals surface area contributed by atoms with Gasteiger partial charge in [-0.05, 0) is 39.0 Å². The van der Waals surface area contributed by atoms with E-state index in [-0.39, 0.29) is 23.1 Å². The van der Waals surface area contributed by atoms with Crippen molar-refractivity contribution in [1.82, 2.24) is 9.55 Å².